The van der Waals surface area contributed by atoms with Crippen molar-refractivity contribution in [3.05, 3.63) is 47.8 Å². The number of carbonyl (C=O) groups excluding carboxylic acids is 1. The Hall–Kier alpha value is -2.26. The Morgan fingerprint density at radius 1 is 1.23 bits per heavy atom. The van der Waals surface area contributed by atoms with Crippen LogP contribution >= 0.6 is 12.4 Å². The number of ether oxygens (including phenoxy) is 1. The average Bonchev–Trinajstić information content (AvgIpc) is 2.93. The van der Waals surface area contributed by atoms with Crippen LogP contribution in [0.5, 0.6) is 5.75 Å². The third kappa shape index (κ3) is 5.92. The summed E-state index contributed by atoms with van der Waals surface area (Å²) in [5, 5.41) is 9.77. The molecule has 0 aliphatic carbocycles. The predicted molar refractivity (Wildman–Crippen MR) is 91.9 cm³/mol. The third-order valence-electron chi connectivity index (χ3n) is 3.58. The molecule has 10 heteroatoms. The Labute approximate surface area is 155 Å². The normalized spacial score (nSPS) is 13.5. The Bertz CT molecular complexity index is 719. The second-order valence-corrected chi connectivity index (χ2v) is 5.52. The fourth-order valence-electron chi connectivity index (χ4n) is 2.38. The van der Waals surface area contributed by atoms with Gasteiger partial charge in [-0.1, -0.05) is 12.1 Å². The van der Waals surface area contributed by atoms with Crippen LogP contribution in [0.3, 0.4) is 0 Å². The lowest BCUT2D eigenvalue weighted by Crippen LogP contribution is -2.37. The molecule has 1 aromatic heterocycles. The molecule has 2 atom stereocenters. The molecule has 0 fully saturated rings. The Kier molecular flexibility index (Phi) is 7.46. The predicted octanol–water partition coefficient (Wildman–Crippen LogP) is 2.88. The van der Waals surface area contributed by atoms with E-state index in [2.05, 4.69) is 20.5 Å². The maximum absolute atomic E-state index is 12.4. The summed E-state index contributed by atoms with van der Waals surface area (Å²) in [4.78, 5) is 12.4. The number of carbonyl (C=O) groups is 1. The highest BCUT2D eigenvalue weighted by atomic mass is 35.5. The van der Waals surface area contributed by atoms with Gasteiger partial charge in [-0.3, -0.25) is 9.48 Å². The SMILES string of the molecule is CNC(C(=O)NC(C)c1ccc(OC(F)(F)F)cc1)c1cnn(C)c1.Cl. The van der Waals surface area contributed by atoms with E-state index in [-0.39, 0.29) is 30.1 Å². The summed E-state index contributed by atoms with van der Waals surface area (Å²) in [7, 11) is 3.41. The molecule has 1 amide bonds. The van der Waals surface area contributed by atoms with Gasteiger partial charge in [0.2, 0.25) is 5.91 Å². The zero-order valence-corrected chi connectivity index (χ0v) is 15.2. The van der Waals surface area contributed by atoms with E-state index >= 15 is 0 Å². The fraction of sp³-hybridized carbons (Fsp3) is 0.375. The number of aromatic nitrogens is 2. The van der Waals surface area contributed by atoms with E-state index in [9.17, 15) is 18.0 Å². The average molecular weight is 393 g/mol. The van der Waals surface area contributed by atoms with Crippen molar-refractivity contribution in [1.29, 1.82) is 0 Å². The number of halogens is 4. The fourth-order valence-corrected chi connectivity index (χ4v) is 2.38. The van der Waals surface area contributed by atoms with Crippen LogP contribution in [-0.4, -0.2) is 29.1 Å². The molecule has 0 radical (unpaired) electrons. The number of amides is 1. The summed E-state index contributed by atoms with van der Waals surface area (Å²) >= 11 is 0. The standard InChI is InChI=1S/C16H19F3N4O2.ClH/c1-10(11-4-6-13(7-5-11)25-16(17,18)19)22-15(24)14(20-2)12-8-21-23(3)9-12;/h4-10,14,20H,1-3H3,(H,22,24);1H. The first-order valence-electron chi connectivity index (χ1n) is 7.51. The number of benzene rings is 1. The van der Waals surface area contributed by atoms with E-state index in [1.807, 2.05) is 0 Å². The lowest BCUT2D eigenvalue weighted by Gasteiger charge is -2.19. The Morgan fingerprint density at radius 2 is 1.85 bits per heavy atom. The molecule has 144 valence electrons. The minimum Gasteiger partial charge on any atom is -0.406 e. The molecular formula is C16H20ClF3N4O2. The molecule has 2 rings (SSSR count). The van der Waals surface area contributed by atoms with E-state index in [1.165, 1.54) is 24.3 Å². The highest BCUT2D eigenvalue weighted by molar-refractivity contribution is 5.85. The third-order valence-corrected chi connectivity index (χ3v) is 3.58. The van der Waals surface area contributed by atoms with Gasteiger partial charge >= 0.3 is 6.36 Å². The van der Waals surface area contributed by atoms with Gasteiger partial charge in [-0.15, -0.1) is 25.6 Å². The van der Waals surface area contributed by atoms with Gasteiger partial charge in [-0.05, 0) is 31.7 Å². The highest BCUT2D eigenvalue weighted by Crippen LogP contribution is 2.24. The first kappa shape index (κ1) is 21.8. The molecule has 2 N–H and O–H groups in total. The van der Waals surface area contributed by atoms with Gasteiger partial charge in [0.1, 0.15) is 11.8 Å². The number of hydrogen-bond donors (Lipinski definition) is 2. The van der Waals surface area contributed by atoms with E-state index in [0.29, 0.717) is 11.1 Å². The number of hydrogen-bond acceptors (Lipinski definition) is 4. The topological polar surface area (TPSA) is 68.2 Å². The maximum Gasteiger partial charge on any atom is 0.573 e. The summed E-state index contributed by atoms with van der Waals surface area (Å²) in [6.07, 6.45) is -1.41. The first-order valence-corrected chi connectivity index (χ1v) is 7.51. The Balaban J connectivity index is 0.00000338. The minimum atomic E-state index is -4.73. The number of rotatable bonds is 6. The highest BCUT2D eigenvalue weighted by Gasteiger charge is 2.31. The minimum absolute atomic E-state index is 0. The molecule has 2 unspecified atom stereocenters. The zero-order valence-electron chi connectivity index (χ0n) is 14.4. The zero-order chi connectivity index (χ0) is 18.6. The molecule has 1 aromatic carbocycles. The van der Waals surface area contributed by atoms with Crippen molar-refractivity contribution in [1.82, 2.24) is 20.4 Å². The van der Waals surface area contributed by atoms with E-state index < -0.39 is 12.4 Å². The lowest BCUT2D eigenvalue weighted by atomic mass is 10.1. The summed E-state index contributed by atoms with van der Waals surface area (Å²) in [6, 6.07) is 4.41. The van der Waals surface area contributed by atoms with Crippen LogP contribution in [0.2, 0.25) is 0 Å². The molecule has 1 heterocycles. The number of alkyl halides is 3. The molecule has 0 saturated carbocycles. The van der Waals surface area contributed by atoms with Crippen molar-refractivity contribution in [3.8, 4) is 5.75 Å². The van der Waals surface area contributed by atoms with Crippen molar-refractivity contribution in [3.63, 3.8) is 0 Å². The number of nitrogens with zero attached hydrogens (tertiary/aromatic N) is 2. The summed E-state index contributed by atoms with van der Waals surface area (Å²) in [5.74, 6) is -0.572. The molecule has 2 aromatic rings. The maximum atomic E-state index is 12.4. The van der Waals surface area contributed by atoms with Crippen LogP contribution in [0.1, 0.15) is 30.1 Å². The molecule has 0 aliphatic rings. The summed E-state index contributed by atoms with van der Waals surface area (Å²) < 4.78 is 41.9. The monoisotopic (exact) mass is 392 g/mol. The van der Waals surface area contributed by atoms with Gasteiger partial charge in [-0.25, -0.2) is 0 Å². The number of likely N-dealkylation sites (N-methyl/N-ethyl adjacent to an activating group) is 1. The van der Waals surface area contributed by atoms with Crippen LogP contribution in [0, 0.1) is 0 Å². The summed E-state index contributed by atoms with van der Waals surface area (Å²) in [5.41, 5.74) is 1.37. The van der Waals surface area contributed by atoms with Crippen molar-refractivity contribution >= 4 is 18.3 Å². The van der Waals surface area contributed by atoms with E-state index in [0.717, 1.165) is 0 Å². The smallest absolute Gasteiger partial charge is 0.406 e. The molecule has 0 bridgehead atoms. The Morgan fingerprint density at radius 3 is 2.31 bits per heavy atom. The van der Waals surface area contributed by atoms with Gasteiger partial charge in [0.05, 0.1) is 12.2 Å². The van der Waals surface area contributed by atoms with Crippen LogP contribution in [-0.2, 0) is 11.8 Å². The van der Waals surface area contributed by atoms with Gasteiger partial charge in [0, 0.05) is 18.8 Å². The van der Waals surface area contributed by atoms with Gasteiger partial charge < -0.3 is 15.4 Å². The summed E-state index contributed by atoms with van der Waals surface area (Å²) in [6.45, 7) is 1.74. The quantitative estimate of drug-likeness (QED) is 0.793. The van der Waals surface area contributed by atoms with Gasteiger partial charge in [0.25, 0.3) is 0 Å². The van der Waals surface area contributed by atoms with Crippen LogP contribution < -0.4 is 15.4 Å². The van der Waals surface area contributed by atoms with Crippen molar-refractivity contribution < 1.29 is 22.7 Å². The van der Waals surface area contributed by atoms with Crippen LogP contribution in [0.15, 0.2) is 36.7 Å². The van der Waals surface area contributed by atoms with Crippen LogP contribution in [0.25, 0.3) is 0 Å². The molecule has 0 aliphatic heterocycles. The molecule has 26 heavy (non-hydrogen) atoms. The molecule has 0 spiro atoms. The second-order valence-electron chi connectivity index (χ2n) is 5.52. The van der Waals surface area contributed by atoms with E-state index in [1.54, 1.807) is 38.1 Å². The largest absolute Gasteiger partial charge is 0.573 e. The number of nitrogens with one attached hydrogen (secondary N) is 2. The van der Waals surface area contributed by atoms with Gasteiger partial charge in [0.15, 0.2) is 0 Å². The van der Waals surface area contributed by atoms with Crippen molar-refractivity contribution in [2.45, 2.75) is 25.4 Å². The van der Waals surface area contributed by atoms with Gasteiger partial charge in [-0.2, -0.15) is 5.10 Å². The second kappa shape index (κ2) is 8.91. The van der Waals surface area contributed by atoms with Crippen molar-refractivity contribution in [2.75, 3.05) is 7.05 Å². The first-order chi connectivity index (χ1) is 11.7. The molecule has 6 nitrogen and oxygen atoms in total. The van der Waals surface area contributed by atoms with Crippen LogP contribution in [0.4, 0.5) is 13.2 Å². The van der Waals surface area contributed by atoms with Crippen molar-refractivity contribution in [2.24, 2.45) is 7.05 Å². The van der Waals surface area contributed by atoms with E-state index in [4.69, 9.17) is 0 Å². The molecule has 0 saturated heterocycles. The lowest BCUT2D eigenvalue weighted by molar-refractivity contribution is -0.274. The molecular weight excluding hydrogens is 373 g/mol. The number of aryl methyl sites for hydroxylation is 1.